The number of fused-ring (bicyclic) bond motifs is 3. The molecule has 0 aliphatic heterocycles. The van der Waals surface area contributed by atoms with Gasteiger partial charge in [-0.25, -0.2) is 22.4 Å². The number of rotatable bonds is 6. The molecule has 2 aromatic heterocycles. The standard InChI is InChI=1S/C27H20N4O3S3/c1-17-10-13-22-24(14-17)36-26(28-22)30-25(32)16-35-27-29-21-8-4-5-9-23(21)31(27)37(33,34)20-12-11-18-6-2-3-7-19(18)15-20/h2-15H,16H2,1H3,(H,28,30,32). The van der Waals surface area contributed by atoms with Crippen LogP contribution in [-0.4, -0.2) is 34.0 Å². The van der Waals surface area contributed by atoms with Crippen LogP contribution in [0.1, 0.15) is 5.56 Å². The molecule has 6 aromatic rings. The fraction of sp³-hybridized carbons (Fsp3) is 0.0741. The molecule has 0 saturated carbocycles. The number of nitrogens with one attached hydrogen (secondary N) is 1. The number of benzene rings is 4. The molecule has 1 amide bonds. The summed E-state index contributed by atoms with van der Waals surface area (Å²) in [6.45, 7) is 2.01. The summed E-state index contributed by atoms with van der Waals surface area (Å²) in [4.78, 5) is 21.9. The van der Waals surface area contributed by atoms with Gasteiger partial charge >= 0.3 is 0 Å². The van der Waals surface area contributed by atoms with Crippen LogP contribution < -0.4 is 5.32 Å². The zero-order valence-electron chi connectivity index (χ0n) is 19.6. The van der Waals surface area contributed by atoms with Crippen molar-refractivity contribution in [2.75, 3.05) is 11.1 Å². The monoisotopic (exact) mass is 544 g/mol. The largest absolute Gasteiger partial charge is 0.301 e. The molecular formula is C27H20N4O3S3. The second kappa shape index (κ2) is 9.29. The first-order valence-corrected chi connectivity index (χ1v) is 14.6. The molecule has 0 spiro atoms. The van der Waals surface area contributed by atoms with Gasteiger partial charge in [0.15, 0.2) is 10.3 Å². The topological polar surface area (TPSA) is 93.9 Å². The van der Waals surface area contributed by atoms with Crippen LogP contribution in [0.15, 0.2) is 95.0 Å². The first-order chi connectivity index (χ1) is 17.9. The number of carbonyl (C=O) groups excluding carboxylic acids is 1. The first kappa shape index (κ1) is 23.7. The molecule has 0 atom stereocenters. The maximum absolute atomic E-state index is 13.8. The fourth-order valence-electron chi connectivity index (χ4n) is 4.11. The predicted molar refractivity (Wildman–Crippen MR) is 150 cm³/mol. The number of hydrogen-bond acceptors (Lipinski definition) is 7. The number of thiazole rings is 1. The van der Waals surface area contributed by atoms with Gasteiger partial charge in [-0.2, -0.15) is 0 Å². The molecule has 6 rings (SSSR count). The van der Waals surface area contributed by atoms with Gasteiger partial charge < -0.3 is 5.32 Å². The molecule has 0 unspecified atom stereocenters. The van der Waals surface area contributed by atoms with Crippen LogP contribution in [0.4, 0.5) is 5.13 Å². The van der Waals surface area contributed by atoms with Gasteiger partial charge in [0, 0.05) is 0 Å². The van der Waals surface area contributed by atoms with Gasteiger partial charge in [-0.3, -0.25) is 4.79 Å². The van der Waals surface area contributed by atoms with E-state index >= 15 is 0 Å². The van der Waals surface area contributed by atoms with Gasteiger partial charge in [-0.15, -0.1) is 0 Å². The SMILES string of the molecule is Cc1ccc2nc(NC(=O)CSc3nc4ccccc4n3S(=O)(=O)c3ccc4ccccc4c3)sc2c1. The fourth-order valence-corrected chi connectivity index (χ4v) is 7.64. The second-order valence-corrected chi connectivity index (χ2v) is 12.2. The van der Waals surface area contributed by atoms with Crippen molar-refractivity contribution in [1.29, 1.82) is 0 Å². The van der Waals surface area contributed by atoms with E-state index < -0.39 is 10.0 Å². The average molecular weight is 545 g/mol. The highest BCUT2D eigenvalue weighted by atomic mass is 32.2. The Bertz CT molecular complexity index is 1930. The van der Waals surface area contributed by atoms with Gasteiger partial charge in [0.2, 0.25) is 5.91 Å². The van der Waals surface area contributed by atoms with E-state index in [0.29, 0.717) is 16.2 Å². The molecular weight excluding hydrogens is 525 g/mol. The number of para-hydroxylation sites is 2. The van der Waals surface area contributed by atoms with Crippen LogP contribution >= 0.6 is 23.1 Å². The van der Waals surface area contributed by atoms with Crippen LogP contribution in [0.25, 0.3) is 32.0 Å². The van der Waals surface area contributed by atoms with E-state index in [1.165, 1.54) is 15.3 Å². The van der Waals surface area contributed by atoms with Crippen LogP contribution in [-0.2, 0) is 14.8 Å². The van der Waals surface area contributed by atoms with E-state index in [2.05, 4.69) is 15.3 Å². The molecule has 2 heterocycles. The van der Waals surface area contributed by atoms with E-state index in [1.807, 2.05) is 49.4 Å². The summed E-state index contributed by atoms with van der Waals surface area (Å²) in [7, 11) is -3.98. The van der Waals surface area contributed by atoms with Crippen LogP contribution in [0.5, 0.6) is 0 Å². The van der Waals surface area contributed by atoms with Gasteiger partial charge in [0.1, 0.15) is 0 Å². The van der Waals surface area contributed by atoms with Crippen molar-refractivity contribution in [3.05, 3.63) is 90.5 Å². The first-order valence-electron chi connectivity index (χ1n) is 11.4. The molecule has 0 saturated heterocycles. The minimum atomic E-state index is -3.98. The zero-order chi connectivity index (χ0) is 25.6. The molecule has 37 heavy (non-hydrogen) atoms. The van der Waals surface area contributed by atoms with Gasteiger partial charge in [0.25, 0.3) is 10.0 Å². The Hall–Kier alpha value is -3.73. The third kappa shape index (κ3) is 4.48. The average Bonchev–Trinajstić information content (AvgIpc) is 3.47. The summed E-state index contributed by atoms with van der Waals surface area (Å²) < 4.78 is 29.9. The Morgan fingerprint density at radius 3 is 2.57 bits per heavy atom. The lowest BCUT2D eigenvalue weighted by molar-refractivity contribution is -0.113. The number of anilines is 1. The lowest BCUT2D eigenvalue weighted by Gasteiger charge is -2.11. The smallest absolute Gasteiger partial charge is 0.270 e. The summed E-state index contributed by atoms with van der Waals surface area (Å²) in [5, 5.41) is 5.33. The van der Waals surface area contributed by atoms with Crippen LogP contribution in [0.2, 0.25) is 0 Å². The summed E-state index contributed by atoms with van der Waals surface area (Å²) in [5.74, 6) is -0.312. The maximum atomic E-state index is 13.8. The van der Waals surface area contributed by atoms with Crippen molar-refractivity contribution < 1.29 is 13.2 Å². The normalized spacial score (nSPS) is 11.9. The molecule has 1 N–H and O–H groups in total. The summed E-state index contributed by atoms with van der Waals surface area (Å²) in [6.07, 6.45) is 0. The molecule has 0 aliphatic carbocycles. The van der Waals surface area contributed by atoms with Gasteiger partial charge in [0.05, 0.1) is 31.9 Å². The molecule has 7 nitrogen and oxygen atoms in total. The third-order valence-electron chi connectivity index (χ3n) is 5.87. The second-order valence-electron chi connectivity index (χ2n) is 8.49. The number of amides is 1. The highest BCUT2D eigenvalue weighted by molar-refractivity contribution is 8.00. The molecule has 0 aliphatic rings. The van der Waals surface area contributed by atoms with E-state index in [-0.39, 0.29) is 21.7 Å². The summed E-state index contributed by atoms with van der Waals surface area (Å²) in [6, 6.07) is 25.6. The third-order valence-corrected chi connectivity index (χ3v) is 9.56. The minimum absolute atomic E-state index is 0.0223. The molecule has 0 radical (unpaired) electrons. The Kier molecular flexibility index (Phi) is 5.94. The van der Waals surface area contributed by atoms with Crippen molar-refractivity contribution in [1.82, 2.24) is 13.9 Å². The highest BCUT2D eigenvalue weighted by Gasteiger charge is 2.25. The number of imidazole rings is 1. The van der Waals surface area contributed by atoms with E-state index in [1.54, 1.807) is 42.5 Å². The van der Waals surface area contributed by atoms with Crippen molar-refractivity contribution >= 4 is 76.2 Å². The zero-order valence-corrected chi connectivity index (χ0v) is 22.0. The number of aryl methyl sites for hydroxylation is 1. The van der Waals surface area contributed by atoms with Crippen LogP contribution in [0, 0.1) is 6.92 Å². The Morgan fingerprint density at radius 1 is 0.919 bits per heavy atom. The maximum Gasteiger partial charge on any atom is 0.270 e. The Balaban J connectivity index is 1.31. The minimum Gasteiger partial charge on any atom is -0.301 e. The predicted octanol–water partition coefficient (Wildman–Crippen LogP) is 6.08. The van der Waals surface area contributed by atoms with E-state index in [9.17, 15) is 13.2 Å². The number of thioether (sulfide) groups is 1. The lowest BCUT2D eigenvalue weighted by atomic mass is 10.1. The van der Waals surface area contributed by atoms with Crippen molar-refractivity contribution in [2.45, 2.75) is 17.0 Å². The number of hydrogen-bond donors (Lipinski definition) is 1. The number of nitrogens with zero attached hydrogens (tertiary/aromatic N) is 3. The Labute approximate surface area is 221 Å². The highest BCUT2D eigenvalue weighted by Crippen LogP contribution is 2.31. The lowest BCUT2D eigenvalue weighted by Crippen LogP contribution is -2.17. The summed E-state index contributed by atoms with van der Waals surface area (Å²) >= 11 is 2.47. The van der Waals surface area contributed by atoms with Crippen LogP contribution in [0.3, 0.4) is 0 Å². The molecule has 0 fully saturated rings. The molecule has 0 bridgehead atoms. The van der Waals surface area contributed by atoms with E-state index in [0.717, 1.165) is 38.3 Å². The van der Waals surface area contributed by atoms with Crippen molar-refractivity contribution in [3.8, 4) is 0 Å². The van der Waals surface area contributed by atoms with Gasteiger partial charge in [-0.1, -0.05) is 71.6 Å². The van der Waals surface area contributed by atoms with E-state index in [4.69, 9.17) is 0 Å². The molecule has 184 valence electrons. The van der Waals surface area contributed by atoms with Crippen molar-refractivity contribution in [2.24, 2.45) is 0 Å². The number of carbonyl (C=O) groups is 1. The molecule has 10 heteroatoms. The Morgan fingerprint density at radius 2 is 1.70 bits per heavy atom. The quantitative estimate of drug-likeness (QED) is 0.256. The van der Waals surface area contributed by atoms with Gasteiger partial charge in [-0.05, 0) is 59.7 Å². The van der Waals surface area contributed by atoms with Crippen molar-refractivity contribution in [3.63, 3.8) is 0 Å². The molecule has 4 aromatic carbocycles. The summed E-state index contributed by atoms with van der Waals surface area (Å²) in [5.41, 5.74) is 2.94. The number of aromatic nitrogens is 3.